The number of hydrogen-bond acceptors (Lipinski definition) is 3. The number of urea groups is 1. The van der Waals surface area contributed by atoms with Gasteiger partial charge in [-0.2, -0.15) is 0 Å². The van der Waals surface area contributed by atoms with E-state index in [1.807, 2.05) is 54.6 Å². The van der Waals surface area contributed by atoms with E-state index in [2.05, 4.69) is 5.32 Å². The van der Waals surface area contributed by atoms with Crippen LogP contribution in [0.3, 0.4) is 0 Å². The van der Waals surface area contributed by atoms with Crippen LogP contribution in [0.5, 0.6) is 5.75 Å². The van der Waals surface area contributed by atoms with Gasteiger partial charge in [0.25, 0.3) is 5.91 Å². The predicted octanol–water partition coefficient (Wildman–Crippen LogP) is 2.69. The lowest BCUT2D eigenvalue weighted by atomic mass is 9.96. The molecular formula is C20H19N3O3. The van der Waals surface area contributed by atoms with Gasteiger partial charge in [-0.15, -0.1) is 0 Å². The third-order valence-electron chi connectivity index (χ3n) is 4.87. The minimum absolute atomic E-state index is 0.120. The molecule has 3 amide bonds. The van der Waals surface area contributed by atoms with E-state index in [1.165, 1.54) is 4.90 Å². The number of hydrogen-bond donors (Lipinski definition) is 1. The van der Waals surface area contributed by atoms with Crippen LogP contribution in [0.2, 0.25) is 0 Å². The van der Waals surface area contributed by atoms with Gasteiger partial charge in [0.2, 0.25) is 0 Å². The van der Waals surface area contributed by atoms with E-state index in [0.717, 1.165) is 11.3 Å². The maximum absolute atomic E-state index is 13.3. The van der Waals surface area contributed by atoms with Gasteiger partial charge in [-0.05, 0) is 17.7 Å². The molecule has 2 aromatic carbocycles. The molecule has 2 aromatic rings. The second-order valence-electron chi connectivity index (χ2n) is 6.28. The highest BCUT2D eigenvalue weighted by Crippen LogP contribution is 2.39. The smallest absolute Gasteiger partial charge is 0.322 e. The molecule has 0 spiro atoms. The number of methoxy groups -OCH3 is 1. The van der Waals surface area contributed by atoms with Crippen molar-refractivity contribution in [2.45, 2.75) is 6.04 Å². The summed E-state index contributed by atoms with van der Waals surface area (Å²) in [6.07, 6.45) is 0. The number of nitrogens with zero attached hydrogens (tertiary/aromatic N) is 2. The first-order valence-corrected chi connectivity index (χ1v) is 8.39. The van der Waals surface area contributed by atoms with Crippen LogP contribution in [0.1, 0.15) is 11.6 Å². The second kappa shape index (κ2) is 6.22. The van der Waals surface area contributed by atoms with E-state index in [9.17, 15) is 9.59 Å². The lowest BCUT2D eigenvalue weighted by Crippen LogP contribution is -2.45. The monoisotopic (exact) mass is 349 g/mol. The highest BCUT2D eigenvalue weighted by molar-refractivity contribution is 6.12. The number of anilines is 1. The number of rotatable bonds is 3. The molecule has 0 unspecified atom stereocenters. The molecule has 6 nitrogen and oxygen atoms in total. The maximum Gasteiger partial charge on any atom is 0.322 e. The molecule has 6 heteroatoms. The van der Waals surface area contributed by atoms with Crippen molar-refractivity contribution in [1.82, 2.24) is 10.2 Å². The third-order valence-corrected chi connectivity index (χ3v) is 4.87. The van der Waals surface area contributed by atoms with Crippen LogP contribution in [-0.2, 0) is 4.79 Å². The molecule has 0 bridgehead atoms. The van der Waals surface area contributed by atoms with Gasteiger partial charge in [-0.3, -0.25) is 14.6 Å². The minimum Gasteiger partial charge on any atom is -0.495 e. The molecule has 0 radical (unpaired) electrons. The molecule has 26 heavy (non-hydrogen) atoms. The number of benzene rings is 2. The fraction of sp³-hybridized carbons (Fsp3) is 0.200. The lowest BCUT2D eigenvalue weighted by molar-refractivity contribution is -0.114. The van der Waals surface area contributed by atoms with Crippen molar-refractivity contribution >= 4 is 17.6 Å². The van der Waals surface area contributed by atoms with Crippen LogP contribution in [0.25, 0.3) is 0 Å². The Bertz CT molecular complexity index is 908. The number of carbonyl (C=O) groups excluding carboxylic acids is 2. The molecule has 1 N–H and O–H groups in total. The molecule has 2 aliphatic heterocycles. The maximum atomic E-state index is 13.3. The van der Waals surface area contributed by atoms with E-state index < -0.39 is 6.04 Å². The van der Waals surface area contributed by atoms with E-state index in [4.69, 9.17) is 4.74 Å². The number of para-hydroxylation sites is 2. The van der Waals surface area contributed by atoms with Crippen LogP contribution in [0.15, 0.2) is 65.9 Å². The van der Waals surface area contributed by atoms with Crippen LogP contribution >= 0.6 is 0 Å². The van der Waals surface area contributed by atoms with Crippen molar-refractivity contribution < 1.29 is 14.3 Å². The Morgan fingerprint density at radius 3 is 2.46 bits per heavy atom. The summed E-state index contributed by atoms with van der Waals surface area (Å²) in [4.78, 5) is 28.9. The summed E-state index contributed by atoms with van der Waals surface area (Å²) < 4.78 is 5.41. The Morgan fingerprint density at radius 1 is 1.04 bits per heavy atom. The van der Waals surface area contributed by atoms with Gasteiger partial charge in [0, 0.05) is 7.05 Å². The normalized spacial score (nSPS) is 19.5. The number of ether oxygens (including phenoxy) is 1. The first-order chi connectivity index (χ1) is 12.6. The minimum atomic E-state index is -0.456. The van der Waals surface area contributed by atoms with Crippen molar-refractivity contribution in [2.24, 2.45) is 0 Å². The molecule has 0 saturated heterocycles. The van der Waals surface area contributed by atoms with Crippen LogP contribution in [0.4, 0.5) is 10.5 Å². The lowest BCUT2D eigenvalue weighted by Gasteiger charge is -2.31. The highest BCUT2D eigenvalue weighted by atomic mass is 16.5. The fourth-order valence-corrected chi connectivity index (χ4v) is 3.51. The van der Waals surface area contributed by atoms with Crippen molar-refractivity contribution in [3.63, 3.8) is 0 Å². The Hall–Kier alpha value is -3.28. The Morgan fingerprint density at radius 2 is 1.73 bits per heavy atom. The standard InChI is InChI=1S/C20H19N3O3/c1-22-15-12-23(14-10-6-7-11-16(14)26-2)19(24)17(15)18(21-20(22)25)13-8-4-3-5-9-13/h3-11,18H,12H2,1-2H3,(H,21,25)/t18-/m0/s1. The van der Waals surface area contributed by atoms with E-state index in [-0.39, 0.29) is 11.9 Å². The van der Waals surface area contributed by atoms with E-state index >= 15 is 0 Å². The van der Waals surface area contributed by atoms with Crippen LogP contribution < -0.4 is 15.0 Å². The van der Waals surface area contributed by atoms with Crippen LogP contribution in [-0.4, -0.2) is 37.5 Å². The molecule has 0 saturated carbocycles. The zero-order chi connectivity index (χ0) is 18.3. The van der Waals surface area contributed by atoms with Gasteiger partial charge in [0.1, 0.15) is 5.75 Å². The van der Waals surface area contributed by atoms with Crippen molar-refractivity contribution in [2.75, 3.05) is 25.6 Å². The summed E-state index contributed by atoms with van der Waals surface area (Å²) in [6, 6.07) is 16.3. The molecule has 0 fully saturated rings. The summed E-state index contributed by atoms with van der Waals surface area (Å²) in [5, 5.41) is 2.94. The number of amides is 3. The third kappa shape index (κ3) is 2.42. The summed E-state index contributed by atoms with van der Waals surface area (Å²) in [5.74, 6) is 0.504. The van der Waals surface area contributed by atoms with Gasteiger partial charge < -0.3 is 10.1 Å². The molecular weight excluding hydrogens is 330 g/mol. The summed E-state index contributed by atoms with van der Waals surface area (Å²) in [6.45, 7) is 0.335. The average molecular weight is 349 g/mol. The molecule has 2 aliphatic rings. The van der Waals surface area contributed by atoms with Crippen molar-refractivity contribution in [3.05, 3.63) is 71.4 Å². The summed E-state index contributed by atoms with van der Waals surface area (Å²) in [5.41, 5.74) is 2.90. The van der Waals surface area contributed by atoms with Crippen molar-refractivity contribution in [3.8, 4) is 5.75 Å². The Balaban J connectivity index is 1.78. The average Bonchev–Trinajstić information content (AvgIpc) is 3.03. The highest BCUT2D eigenvalue weighted by Gasteiger charge is 2.43. The largest absolute Gasteiger partial charge is 0.495 e. The molecule has 132 valence electrons. The summed E-state index contributed by atoms with van der Waals surface area (Å²) in [7, 11) is 3.27. The van der Waals surface area contributed by atoms with Gasteiger partial charge >= 0.3 is 6.03 Å². The van der Waals surface area contributed by atoms with Gasteiger partial charge in [-0.25, -0.2) is 4.79 Å². The Kier molecular flexibility index (Phi) is 3.88. The van der Waals surface area contributed by atoms with Crippen LogP contribution in [0, 0.1) is 0 Å². The first kappa shape index (κ1) is 16.2. The molecule has 1 atom stereocenters. The molecule has 0 aliphatic carbocycles. The van der Waals surface area contributed by atoms with Gasteiger partial charge in [-0.1, -0.05) is 42.5 Å². The number of nitrogens with one attached hydrogen (secondary N) is 1. The zero-order valence-electron chi connectivity index (χ0n) is 14.6. The summed E-state index contributed by atoms with van der Waals surface area (Å²) >= 11 is 0. The zero-order valence-corrected chi connectivity index (χ0v) is 14.6. The quantitative estimate of drug-likeness (QED) is 0.927. The number of carbonyl (C=O) groups is 2. The van der Waals surface area contributed by atoms with E-state index in [1.54, 1.807) is 19.1 Å². The topological polar surface area (TPSA) is 61.9 Å². The second-order valence-corrected chi connectivity index (χ2v) is 6.28. The van der Waals surface area contributed by atoms with E-state index in [0.29, 0.717) is 23.6 Å². The first-order valence-electron chi connectivity index (χ1n) is 8.39. The fourth-order valence-electron chi connectivity index (χ4n) is 3.51. The molecule has 2 heterocycles. The Labute approximate surface area is 151 Å². The SMILES string of the molecule is COc1ccccc1N1CC2=C(C1=O)[C@H](c1ccccc1)NC(=O)N2C. The number of likely N-dealkylation sites (N-methyl/N-ethyl adjacent to an activating group) is 1. The van der Waals surface area contributed by atoms with Gasteiger partial charge in [0.05, 0.1) is 36.7 Å². The molecule has 4 rings (SSSR count). The predicted molar refractivity (Wildman–Crippen MR) is 97.9 cm³/mol. The van der Waals surface area contributed by atoms with Crippen molar-refractivity contribution in [1.29, 1.82) is 0 Å². The van der Waals surface area contributed by atoms with Gasteiger partial charge in [0.15, 0.2) is 0 Å². The molecule has 0 aromatic heterocycles.